The Morgan fingerprint density at radius 1 is 1.16 bits per heavy atom. The quantitative estimate of drug-likeness (QED) is 0.589. The minimum atomic E-state index is -5.19. The zero-order valence-electron chi connectivity index (χ0n) is 13.7. The van der Waals surface area contributed by atoms with Gasteiger partial charge in [-0.05, 0) is 18.6 Å². The molecule has 1 amide bonds. The molecule has 140 valence electrons. The van der Waals surface area contributed by atoms with Gasteiger partial charge in [-0.3, -0.25) is 4.79 Å². The van der Waals surface area contributed by atoms with Gasteiger partial charge in [-0.15, -0.1) is 0 Å². The Labute approximate surface area is 141 Å². The molecule has 1 unspecified atom stereocenters. The number of rotatable bonds is 7. The summed E-state index contributed by atoms with van der Waals surface area (Å²) in [5.74, 6) is -4.10. The highest BCUT2D eigenvalue weighted by Crippen LogP contribution is 2.30. The highest BCUT2D eigenvalue weighted by atomic mass is 19.4. The number of alkyl halides is 3. The Balaban J connectivity index is 3.12. The number of methoxy groups -OCH3 is 2. The summed E-state index contributed by atoms with van der Waals surface area (Å²) in [5.41, 5.74) is -0.154. The molecule has 0 spiro atoms. The lowest BCUT2D eigenvalue weighted by Gasteiger charge is -2.19. The molecule has 0 aliphatic rings. The zero-order valence-corrected chi connectivity index (χ0v) is 13.7. The summed E-state index contributed by atoms with van der Waals surface area (Å²) in [5, 5.41) is 1.51. The first-order valence-corrected chi connectivity index (χ1v) is 7.08. The minimum Gasteiger partial charge on any atom is -0.493 e. The molecule has 0 aliphatic heterocycles. The number of halogens is 4. The molecule has 1 aromatic rings. The van der Waals surface area contributed by atoms with Crippen LogP contribution in [-0.4, -0.2) is 44.9 Å². The molecule has 25 heavy (non-hydrogen) atoms. The normalized spacial score (nSPS) is 12.3. The van der Waals surface area contributed by atoms with Gasteiger partial charge in [-0.2, -0.15) is 13.2 Å². The maximum atomic E-state index is 14.1. The molecule has 0 aliphatic carbocycles. The van der Waals surface area contributed by atoms with Crippen molar-refractivity contribution in [2.75, 3.05) is 20.8 Å². The van der Waals surface area contributed by atoms with Gasteiger partial charge in [0.25, 0.3) is 0 Å². The largest absolute Gasteiger partial charge is 0.493 e. The summed E-state index contributed by atoms with van der Waals surface area (Å²) in [7, 11) is 2.57. The molecule has 0 aromatic heterocycles. The molecular weight excluding hydrogens is 350 g/mol. The Kier molecular flexibility index (Phi) is 7.01. The van der Waals surface area contributed by atoms with Crippen LogP contribution in [0.4, 0.5) is 17.6 Å². The molecule has 0 saturated heterocycles. The Morgan fingerprint density at radius 2 is 1.72 bits per heavy atom. The van der Waals surface area contributed by atoms with Crippen LogP contribution < -0.4 is 14.8 Å². The molecular formula is C15H17F4NO5. The number of esters is 1. The van der Waals surface area contributed by atoms with Crippen LogP contribution >= 0.6 is 0 Å². The van der Waals surface area contributed by atoms with Crippen molar-refractivity contribution in [2.45, 2.75) is 25.6 Å². The summed E-state index contributed by atoms with van der Waals surface area (Å²) in [4.78, 5) is 22.9. The van der Waals surface area contributed by atoms with E-state index < -0.39 is 36.3 Å². The third kappa shape index (κ3) is 5.50. The van der Waals surface area contributed by atoms with Gasteiger partial charge in [-0.25, -0.2) is 9.18 Å². The van der Waals surface area contributed by atoms with Crippen molar-refractivity contribution in [3.05, 3.63) is 23.5 Å². The van der Waals surface area contributed by atoms with Crippen LogP contribution in [0.2, 0.25) is 0 Å². The number of amides is 1. The number of hydrogen-bond acceptors (Lipinski definition) is 5. The van der Waals surface area contributed by atoms with E-state index in [4.69, 9.17) is 9.47 Å². The zero-order chi connectivity index (χ0) is 19.2. The van der Waals surface area contributed by atoms with E-state index >= 15 is 0 Å². The number of carbonyl (C=O) groups excluding carboxylic acids is 2. The monoisotopic (exact) mass is 367 g/mol. The van der Waals surface area contributed by atoms with Crippen molar-refractivity contribution >= 4 is 11.9 Å². The molecule has 0 saturated carbocycles. The highest BCUT2D eigenvalue weighted by molar-refractivity contribution is 5.87. The predicted octanol–water partition coefficient (Wildman–Crippen LogP) is 2.00. The first-order chi connectivity index (χ1) is 11.6. The van der Waals surface area contributed by atoms with Crippen molar-refractivity contribution in [2.24, 2.45) is 0 Å². The van der Waals surface area contributed by atoms with Crippen molar-refractivity contribution in [3.63, 3.8) is 0 Å². The third-order valence-electron chi connectivity index (χ3n) is 3.11. The topological polar surface area (TPSA) is 73.9 Å². The molecule has 1 N–H and O–H groups in total. The van der Waals surface area contributed by atoms with Crippen LogP contribution in [0.1, 0.15) is 12.5 Å². The van der Waals surface area contributed by atoms with Gasteiger partial charge in [0.15, 0.2) is 11.5 Å². The van der Waals surface area contributed by atoms with Gasteiger partial charge >= 0.3 is 18.1 Å². The van der Waals surface area contributed by atoms with Gasteiger partial charge in [0, 0.05) is 12.5 Å². The van der Waals surface area contributed by atoms with Crippen LogP contribution in [-0.2, 0) is 20.7 Å². The summed E-state index contributed by atoms with van der Waals surface area (Å²) >= 11 is 0. The molecule has 6 nitrogen and oxygen atoms in total. The predicted molar refractivity (Wildman–Crippen MR) is 77.8 cm³/mol. The fourth-order valence-electron chi connectivity index (χ4n) is 1.95. The molecule has 0 radical (unpaired) electrons. The average Bonchev–Trinajstić information content (AvgIpc) is 2.54. The van der Waals surface area contributed by atoms with Gasteiger partial charge in [0.05, 0.1) is 20.8 Å². The molecule has 0 bridgehead atoms. The molecule has 1 aromatic carbocycles. The average molecular weight is 367 g/mol. The summed E-state index contributed by atoms with van der Waals surface area (Å²) in [6, 6.07) is 0.406. The lowest BCUT2D eigenvalue weighted by atomic mass is 10.0. The smallest absolute Gasteiger partial charge is 0.471 e. The van der Waals surface area contributed by atoms with Crippen molar-refractivity contribution in [3.8, 4) is 11.5 Å². The molecule has 1 rings (SSSR count). The van der Waals surface area contributed by atoms with E-state index in [2.05, 4.69) is 4.74 Å². The van der Waals surface area contributed by atoms with E-state index in [9.17, 15) is 27.2 Å². The van der Waals surface area contributed by atoms with E-state index in [-0.39, 0.29) is 23.7 Å². The summed E-state index contributed by atoms with van der Waals surface area (Å²) in [6.45, 7) is 1.32. The molecule has 1 atom stereocenters. The lowest BCUT2D eigenvalue weighted by Crippen LogP contribution is -2.48. The number of ether oxygens (including phenoxy) is 3. The fourth-order valence-corrected chi connectivity index (χ4v) is 1.95. The Hall–Kier alpha value is -2.52. The fraction of sp³-hybridized carbons (Fsp3) is 0.467. The molecule has 0 fully saturated rings. The van der Waals surface area contributed by atoms with Crippen molar-refractivity contribution in [1.29, 1.82) is 0 Å². The van der Waals surface area contributed by atoms with Gasteiger partial charge in [0.2, 0.25) is 0 Å². The SMILES string of the molecule is CCOC(=O)C(Cc1cc(OC)c(OC)cc1F)NC(=O)C(F)(F)F. The molecule has 0 heterocycles. The van der Waals surface area contributed by atoms with E-state index in [1.165, 1.54) is 32.5 Å². The van der Waals surface area contributed by atoms with E-state index in [0.717, 1.165) is 6.07 Å². The Bertz CT molecular complexity index is 633. The number of hydrogen-bond donors (Lipinski definition) is 1. The van der Waals surface area contributed by atoms with Crippen LogP contribution in [0.5, 0.6) is 11.5 Å². The second-order valence-corrected chi connectivity index (χ2v) is 4.78. The Morgan fingerprint density at radius 3 is 2.20 bits per heavy atom. The van der Waals surface area contributed by atoms with Crippen molar-refractivity contribution in [1.82, 2.24) is 5.32 Å². The van der Waals surface area contributed by atoms with Crippen LogP contribution in [0, 0.1) is 5.82 Å². The number of carbonyl (C=O) groups is 2. The number of benzene rings is 1. The number of nitrogens with one attached hydrogen (secondary N) is 1. The third-order valence-corrected chi connectivity index (χ3v) is 3.11. The maximum absolute atomic E-state index is 14.1. The van der Waals surface area contributed by atoms with Crippen LogP contribution in [0.25, 0.3) is 0 Å². The minimum absolute atomic E-state index is 0.0655. The van der Waals surface area contributed by atoms with Crippen LogP contribution in [0.15, 0.2) is 12.1 Å². The maximum Gasteiger partial charge on any atom is 0.471 e. The van der Waals surface area contributed by atoms with Crippen molar-refractivity contribution < 1.29 is 41.4 Å². The molecule has 10 heteroatoms. The first kappa shape index (κ1) is 20.5. The highest BCUT2D eigenvalue weighted by Gasteiger charge is 2.41. The first-order valence-electron chi connectivity index (χ1n) is 7.08. The van der Waals surface area contributed by atoms with Crippen LogP contribution in [0.3, 0.4) is 0 Å². The van der Waals surface area contributed by atoms with E-state index in [0.29, 0.717) is 0 Å². The summed E-state index contributed by atoms with van der Waals surface area (Å²) < 4.78 is 65.9. The van der Waals surface area contributed by atoms with Gasteiger partial charge in [0.1, 0.15) is 11.9 Å². The van der Waals surface area contributed by atoms with E-state index in [1.807, 2.05) is 0 Å². The van der Waals surface area contributed by atoms with E-state index in [1.54, 1.807) is 0 Å². The second kappa shape index (κ2) is 8.54. The van der Waals surface area contributed by atoms with Gasteiger partial charge < -0.3 is 19.5 Å². The second-order valence-electron chi connectivity index (χ2n) is 4.78. The van der Waals surface area contributed by atoms with Gasteiger partial charge in [-0.1, -0.05) is 0 Å². The lowest BCUT2D eigenvalue weighted by molar-refractivity contribution is -0.175. The summed E-state index contributed by atoms with van der Waals surface area (Å²) in [6.07, 6.45) is -5.76. The standard InChI is InChI=1S/C15H17F4NO5/c1-4-25-13(21)10(20-14(22)15(17,18)19)5-8-6-11(23-2)12(24-3)7-9(8)16/h6-7,10H,4-5H2,1-3H3,(H,20,22).